The molecule has 0 unspecified atom stereocenters. The fraction of sp³-hybridized carbons (Fsp3) is 0.789. The van der Waals surface area contributed by atoms with E-state index in [9.17, 15) is 9.90 Å². The van der Waals surface area contributed by atoms with Crippen molar-refractivity contribution >= 4 is 0 Å². The van der Waals surface area contributed by atoms with Gasteiger partial charge in [-0.3, -0.25) is 14.6 Å². The summed E-state index contributed by atoms with van der Waals surface area (Å²) in [4.78, 5) is 17.1. The fourth-order valence-corrected chi connectivity index (χ4v) is 4.33. The van der Waals surface area contributed by atoms with Gasteiger partial charge < -0.3 is 5.11 Å². The molecule has 138 valence electrons. The Hall–Kier alpha value is -1.24. The van der Waals surface area contributed by atoms with Crippen molar-refractivity contribution in [1.82, 2.24) is 19.6 Å². The number of hydrogen-bond donors (Lipinski definition) is 1. The van der Waals surface area contributed by atoms with E-state index in [0.717, 1.165) is 76.2 Å². The number of fused-ring (bicyclic) bond motifs is 1. The maximum atomic E-state index is 12.3. The maximum Gasteiger partial charge on any atom is 0.267 e. The zero-order valence-electron chi connectivity index (χ0n) is 15.1. The zero-order valence-corrected chi connectivity index (χ0v) is 15.1. The SMILES string of the molecule is O=c1cc2c(nn1CCN1CCN(CC3(O)CCC3)CC1)CCCC2. The first-order valence-corrected chi connectivity index (χ1v) is 9.88. The van der Waals surface area contributed by atoms with Crippen LogP contribution in [0.15, 0.2) is 10.9 Å². The van der Waals surface area contributed by atoms with E-state index < -0.39 is 5.60 Å². The monoisotopic (exact) mass is 346 g/mol. The van der Waals surface area contributed by atoms with Crippen molar-refractivity contribution < 1.29 is 5.11 Å². The molecule has 1 aromatic rings. The van der Waals surface area contributed by atoms with Gasteiger partial charge in [0.25, 0.3) is 5.56 Å². The standard InChI is InChI=1S/C19H30N4O2/c24-18-14-16-4-1-2-5-17(16)20-23(18)13-12-21-8-10-22(11-9-21)15-19(25)6-3-7-19/h14,25H,1-13,15H2. The molecule has 0 atom stereocenters. The minimum absolute atomic E-state index is 0.0477. The van der Waals surface area contributed by atoms with Gasteiger partial charge in [0, 0.05) is 45.3 Å². The van der Waals surface area contributed by atoms with Crippen molar-refractivity contribution in [1.29, 1.82) is 0 Å². The van der Waals surface area contributed by atoms with Crippen molar-refractivity contribution in [3.8, 4) is 0 Å². The van der Waals surface area contributed by atoms with E-state index in [1.807, 2.05) is 0 Å². The number of aromatic nitrogens is 2. The predicted octanol–water partition coefficient (Wildman–Crippen LogP) is 0.655. The lowest BCUT2D eigenvalue weighted by Gasteiger charge is -2.43. The lowest BCUT2D eigenvalue weighted by atomic mass is 9.80. The van der Waals surface area contributed by atoms with Crippen LogP contribution in [0.1, 0.15) is 43.4 Å². The third-order valence-corrected chi connectivity index (χ3v) is 6.17. The second kappa shape index (κ2) is 7.17. The minimum atomic E-state index is -0.414. The maximum absolute atomic E-state index is 12.3. The number of aliphatic hydroxyl groups is 1. The highest BCUT2D eigenvalue weighted by molar-refractivity contribution is 5.20. The third-order valence-electron chi connectivity index (χ3n) is 6.17. The number of hydrogen-bond acceptors (Lipinski definition) is 5. The molecule has 2 heterocycles. The Morgan fingerprint density at radius 2 is 1.72 bits per heavy atom. The van der Waals surface area contributed by atoms with Crippen molar-refractivity contribution in [2.24, 2.45) is 0 Å². The highest BCUT2D eigenvalue weighted by Crippen LogP contribution is 2.32. The summed E-state index contributed by atoms with van der Waals surface area (Å²) in [6.07, 6.45) is 7.47. The lowest BCUT2D eigenvalue weighted by Crippen LogP contribution is -2.54. The average molecular weight is 346 g/mol. The van der Waals surface area contributed by atoms with Crippen LogP contribution in [-0.2, 0) is 19.4 Å². The summed E-state index contributed by atoms with van der Waals surface area (Å²) >= 11 is 0. The smallest absolute Gasteiger partial charge is 0.267 e. The predicted molar refractivity (Wildman–Crippen MR) is 96.8 cm³/mol. The van der Waals surface area contributed by atoms with E-state index in [2.05, 4.69) is 14.9 Å². The minimum Gasteiger partial charge on any atom is -0.389 e. The van der Waals surface area contributed by atoms with Crippen LogP contribution in [0.2, 0.25) is 0 Å². The topological polar surface area (TPSA) is 61.6 Å². The van der Waals surface area contributed by atoms with Gasteiger partial charge >= 0.3 is 0 Å². The van der Waals surface area contributed by atoms with Crippen LogP contribution in [0.4, 0.5) is 0 Å². The Bertz CT molecular complexity index is 660. The quantitative estimate of drug-likeness (QED) is 0.848. The van der Waals surface area contributed by atoms with E-state index in [1.165, 1.54) is 19.3 Å². The van der Waals surface area contributed by atoms with Crippen molar-refractivity contribution in [3.63, 3.8) is 0 Å². The first-order chi connectivity index (χ1) is 12.1. The van der Waals surface area contributed by atoms with Crippen LogP contribution in [0.5, 0.6) is 0 Å². The molecule has 0 aromatic carbocycles. The van der Waals surface area contributed by atoms with E-state index in [-0.39, 0.29) is 5.56 Å². The molecule has 4 rings (SSSR count). The third kappa shape index (κ3) is 3.96. The summed E-state index contributed by atoms with van der Waals surface area (Å²) in [5.41, 5.74) is 1.92. The summed E-state index contributed by atoms with van der Waals surface area (Å²) in [6.45, 7) is 6.42. The van der Waals surface area contributed by atoms with Crippen LogP contribution < -0.4 is 5.56 Å². The number of β-amino-alcohol motifs (C(OH)–C–C–N with tert-alkyl or cyclic N) is 1. The van der Waals surface area contributed by atoms with E-state index in [1.54, 1.807) is 10.7 Å². The molecule has 6 nitrogen and oxygen atoms in total. The van der Waals surface area contributed by atoms with Crippen LogP contribution in [0.3, 0.4) is 0 Å². The van der Waals surface area contributed by atoms with Gasteiger partial charge in [-0.05, 0) is 50.5 Å². The van der Waals surface area contributed by atoms with Gasteiger partial charge in [-0.2, -0.15) is 5.10 Å². The molecule has 6 heteroatoms. The molecule has 2 aliphatic carbocycles. The number of aryl methyl sites for hydroxylation is 2. The molecule has 0 bridgehead atoms. The Morgan fingerprint density at radius 1 is 1.00 bits per heavy atom. The van der Waals surface area contributed by atoms with Crippen LogP contribution in [0, 0.1) is 0 Å². The fourth-order valence-electron chi connectivity index (χ4n) is 4.33. The van der Waals surface area contributed by atoms with Crippen LogP contribution in [0.25, 0.3) is 0 Å². The molecule has 1 aliphatic heterocycles. The summed E-state index contributed by atoms with van der Waals surface area (Å²) < 4.78 is 1.66. The molecule has 1 saturated heterocycles. The molecular formula is C19H30N4O2. The Kier molecular flexibility index (Phi) is 4.93. The molecule has 0 amide bonds. The van der Waals surface area contributed by atoms with Gasteiger partial charge in [0.15, 0.2) is 0 Å². The molecule has 2 fully saturated rings. The normalized spacial score (nSPS) is 23.9. The molecule has 1 aromatic heterocycles. The Morgan fingerprint density at radius 3 is 2.44 bits per heavy atom. The van der Waals surface area contributed by atoms with Crippen molar-refractivity contribution in [2.75, 3.05) is 39.3 Å². The van der Waals surface area contributed by atoms with Gasteiger partial charge in [-0.25, -0.2) is 4.68 Å². The van der Waals surface area contributed by atoms with Crippen molar-refractivity contribution in [2.45, 2.75) is 57.1 Å². The molecule has 25 heavy (non-hydrogen) atoms. The summed E-state index contributed by atoms with van der Waals surface area (Å²) in [6, 6.07) is 1.80. The highest BCUT2D eigenvalue weighted by atomic mass is 16.3. The van der Waals surface area contributed by atoms with Crippen LogP contribution >= 0.6 is 0 Å². The van der Waals surface area contributed by atoms with Crippen molar-refractivity contribution in [3.05, 3.63) is 27.7 Å². The number of nitrogens with zero attached hydrogens (tertiary/aromatic N) is 4. The first-order valence-electron chi connectivity index (χ1n) is 9.88. The van der Waals surface area contributed by atoms with Crippen LogP contribution in [-0.4, -0.2) is 69.6 Å². The largest absolute Gasteiger partial charge is 0.389 e. The first kappa shape index (κ1) is 17.2. The van der Waals surface area contributed by atoms with Gasteiger partial charge in [-0.15, -0.1) is 0 Å². The number of rotatable bonds is 5. The zero-order chi connectivity index (χ0) is 17.3. The van der Waals surface area contributed by atoms with E-state index in [0.29, 0.717) is 6.54 Å². The molecular weight excluding hydrogens is 316 g/mol. The molecule has 0 spiro atoms. The van der Waals surface area contributed by atoms with Gasteiger partial charge in [0.05, 0.1) is 17.8 Å². The second-order valence-electron chi connectivity index (χ2n) is 8.08. The van der Waals surface area contributed by atoms with Gasteiger partial charge in [0.2, 0.25) is 0 Å². The molecule has 1 saturated carbocycles. The molecule has 0 radical (unpaired) electrons. The highest BCUT2D eigenvalue weighted by Gasteiger charge is 2.36. The molecule has 3 aliphatic rings. The van der Waals surface area contributed by atoms with E-state index >= 15 is 0 Å². The lowest BCUT2D eigenvalue weighted by molar-refractivity contribution is -0.0656. The Labute approximate surface area is 149 Å². The summed E-state index contributed by atoms with van der Waals surface area (Å²) in [5.74, 6) is 0. The average Bonchev–Trinajstić information content (AvgIpc) is 2.60. The van der Waals surface area contributed by atoms with E-state index in [4.69, 9.17) is 0 Å². The molecule has 1 N–H and O–H groups in total. The van der Waals surface area contributed by atoms with Gasteiger partial charge in [0.1, 0.15) is 0 Å². The second-order valence-corrected chi connectivity index (χ2v) is 8.08. The summed E-state index contributed by atoms with van der Waals surface area (Å²) in [7, 11) is 0. The Balaban J connectivity index is 1.27. The summed E-state index contributed by atoms with van der Waals surface area (Å²) in [5, 5.41) is 14.9. The van der Waals surface area contributed by atoms with Gasteiger partial charge in [-0.1, -0.05) is 0 Å². The number of piperazine rings is 1.